The van der Waals surface area contributed by atoms with Gasteiger partial charge < -0.3 is 5.32 Å². The summed E-state index contributed by atoms with van der Waals surface area (Å²) >= 11 is 0. The molecule has 1 aromatic rings. The second kappa shape index (κ2) is 4.00. The van der Waals surface area contributed by atoms with Crippen molar-refractivity contribution in [3.8, 4) is 0 Å². The molecular weight excluding hydrogens is 210 g/mol. The minimum absolute atomic E-state index is 0.141. The second-order valence-corrected chi connectivity index (χ2v) is 5.06. The fourth-order valence-electron chi connectivity index (χ4n) is 2.28. The predicted octanol–water partition coefficient (Wildman–Crippen LogP) is 3.35. The van der Waals surface area contributed by atoms with Gasteiger partial charge >= 0.3 is 0 Å². The van der Waals surface area contributed by atoms with Crippen molar-refractivity contribution >= 4 is 5.82 Å². The highest BCUT2D eigenvalue weighted by Gasteiger charge is 2.34. The lowest BCUT2D eigenvalue weighted by Gasteiger charge is -2.28. The lowest BCUT2D eigenvalue weighted by Crippen LogP contribution is -2.31. The Morgan fingerprint density at radius 3 is 2.75 bits per heavy atom. The zero-order valence-corrected chi connectivity index (χ0v) is 9.56. The standard InChI is InChI=1S/C12H16F2N2/c1-12(2)5-3-4-10(12)16-11-9(14)6-8(13)7-15-11/h6-7,10H,3-5H2,1-2H3,(H,15,16). The van der Waals surface area contributed by atoms with Gasteiger partial charge in [0.2, 0.25) is 0 Å². The van der Waals surface area contributed by atoms with Gasteiger partial charge in [-0.05, 0) is 18.3 Å². The molecule has 1 N–H and O–H groups in total. The van der Waals surface area contributed by atoms with E-state index in [0.717, 1.165) is 31.5 Å². The van der Waals surface area contributed by atoms with Gasteiger partial charge in [0, 0.05) is 12.1 Å². The molecule has 2 rings (SSSR count). The minimum atomic E-state index is -0.645. The summed E-state index contributed by atoms with van der Waals surface area (Å²) in [6, 6.07) is 1.07. The molecule has 0 saturated heterocycles. The van der Waals surface area contributed by atoms with E-state index in [2.05, 4.69) is 24.1 Å². The topological polar surface area (TPSA) is 24.9 Å². The van der Waals surface area contributed by atoms with Gasteiger partial charge in [0.1, 0.15) is 5.82 Å². The molecule has 1 aliphatic rings. The van der Waals surface area contributed by atoms with Gasteiger partial charge in [0.15, 0.2) is 11.6 Å². The van der Waals surface area contributed by atoms with Crippen LogP contribution in [0.5, 0.6) is 0 Å². The molecule has 1 unspecified atom stereocenters. The molecule has 0 aromatic carbocycles. The largest absolute Gasteiger partial charge is 0.364 e. The van der Waals surface area contributed by atoms with E-state index in [-0.39, 0.29) is 17.3 Å². The molecule has 1 aromatic heterocycles. The normalized spacial score (nSPS) is 23.4. The average Bonchev–Trinajstić information content (AvgIpc) is 2.50. The van der Waals surface area contributed by atoms with E-state index in [9.17, 15) is 8.78 Å². The van der Waals surface area contributed by atoms with Crippen LogP contribution < -0.4 is 5.32 Å². The Bertz CT molecular complexity index is 391. The number of anilines is 1. The Kier molecular flexibility index (Phi) is 2.82. The van der Waals surface area contributed by atoms with Crippen LogP contribution in [0.15, 0.2) is 12.3 Å². The molecular formula is C12H16F2N2. The van der Waals surface area contributed by atoms with Crippen molar-refractivity contribution in [2.45, 2.75) is 39.2 Å². The summed E-state index contributed by atoms with van der Waals surface area (Å²) in [5, 5.41) is 3.07. The molecule has 1 fully saturated rings. The Labute approximate surface area is 94.1 Å². The predicted molar refractivity (Wildman–Crippen MR) is 59.2 cm³/mol. The number of halogens is 2. The molecule has 0 aliphatic heterocycles. The molecule has 1 heterocycles. The van der Waals surface area contributed by atoms with Crippen molar-refractivity contribution < 1.29 is 8.78 Å². The lowest BCUT2D eigenvalue weighted by molar-refractivity contribution is 0.348. The van der Waals surface area contributed by atoms with Crippen LogP contribution in [0.3, 0.4) is 0 Å². The summed E-state index contributed by atoms with van der Waals surface area (Å²) in [4.78, 5) is 3.75. The van der Waals surface area contributed by atoms with Crippen LogP contribution >= 0.6 is 0 Å². The van der Waals surface area contributed by atoms with Gasteiger partial charge in [0.05, 0.1) is 6.20 Å². The molecule has 0 radical (unpaired) electrons. The summed E-state index contributed by atoms with van der Waals surface area (Å²) in [5.41, 5.74) is 0.141. The molecule has 4 heteroatoms. The maximum atomic E-state index is 13.4. The number of rotatable bonds is 2. The summed E-state index contributed by atoms with van der Waals surface area (Å²) in [5.74, 6) is -1.11. The SMILES string of the molecule is CC1(C)CCCC1Nc1ncc(F)cc1F. The van der Waals surface area contributed by atoms with Gasteiger partial charge in [-0.15, -0.1) is 0 Å². The third-order valence-electron chi connectivity index (χ3n) is 3.38. The molecule has 0 amide bonds. The first kappa shape index (κ1) is 11.3. The molecule has 88 valence electrons. The van der Waals surface area contributed by atoms with Gasteiger partial charge in [0.25, 0.3) is 0 Å². The molecule has 2 nitrogen and oxygen atoms in total. The van der Waals surface area contributed by atoms with E-state index in [0.29, 0.717) is 0 Å². The van der Waals surface area contributed by atoms with E-state index in [1.54, 1.807) is 0 Å². The fraction of sp³-hybridized carbons (Fsp3) is 0.583. The van der Waals surface area contributed by atoms with E-state index in [4.69, 9.17) is 0 Å². The Morgan fingerprint density at radius 2 is 2.19 bits per heavy atom. The highest BCUT2D eigenvalue weighted by atomic mass is 19.1. The van der Waals surface area contributed by atoms with Crippen molar-refractivity contribution in [2.24, 2.45) is 5.41 Å². The van der Waals surface area contributed by atoms with Crippen molar-refractivity contribution in [3.05, 3.63) is 23.9 Å². The van der Waals surface area contributed by atoms with Crippen molar-refractivity contribution in [1.82, 2.24) is 4.98 Å². The van der Waals surface area contributed by atoms with Crippen molar-refractivity contribution in [1.29, 1.82) is 0 Å². The van der Waals surface area contributed by atoms with Gasteiger partial charge in [-0.25, -0.2) is 13.8 Å². The fourth-order valence-corrected chi connectivity index (χ4v) is 2.28. The number of nitrogens with zero attached hydrogens (tertiary/aromatic N) is 1. The van der Waals surface area contributed by atoms with Crippen molar-refractivity contribution in [3.63, 3.8) is 0 Å². The monoisotopic (exact) mass is 226 g/mol. The summed E-state index contributed by atoms with van der Waals surface area (Å²) in [7, 11) is 0. The van der Waals surface area contributed by atoms with Crippen LogP contribution in [0.25, 0.3) is 0 Å². The Hall–Kier alpha value is -1.19. The first-order valence-corrected chi connectivity index (χ1v) is 5.56. The molecule has 1 atom stereocenters. The van der Waals surface area contributed by atoms with Crippen LogP contribution in [-0.4, -0.2) is 11.0 Å². The quantitative estimate of drug-likeness (QED) is 0.836. The van der Waals surface area contributed by atoms with Gasteiger partial charge in [-0.2, -0.15) is 0 Å². The molecule has 16 heavy (non-hydrogen) atoms. The first-order valence-electron chi connectivity index (χ1n) is 5.56. The molecule has 1 aliphatic carbocycles. The van der Waals surface area contributed by atoms with Crippen molar-refractivity contribution in [2.75, 3.05) is 5.32 Å². The smallest absolute Gasteiger partial charge is 0.168 e. The third kappa shape index (κ3) is 2.15. The average molecular weight is 226 g/mol. The zero-order chi connectivity index (χ0) is 11.8. The Morgan fingerprint density at radius 1 is 1.44 bits per heavy atom. The zero-order valence-electron chi connectivity index (χ0n) is 9.56. The van der Waals surface area contributed by atoms with E-state index in [1.807, 2.05) is 0 Å². The number of aromatic nitrogens is 1. The van der Waals surface area contributed by atoms with Crippen LogP contribution in [0.1, 0.15) is 33.1 Å². The number of hydrogen-bond acceptors (Lipinski definition) is 2. The van der Waals surface area contributed by atoms with E-state index >= 15 is 0 Å². The highest BCUT2D eigenvalue weighted by Crippen LogP contribution is 2.38. The summed E-state index contributed by atoms with van der Waals surface area (Å²) in [6.45, 7) is 4.30. The van der Waals surface area contributed by atoms with E-state index < -0.39 is 11.6 Å². The first-order chi connectivity index (χ1) is 7.49. The van der Waals surface area contributed by atoms with E-state index in [1.165, 1.54) is 0 Å². The van der Waals surface area contributed by atoms with Crippen LogP contribution in [-0.2, 0) is 0 Å². The highest BCUT2D eigenvalue weighted by molar-refractivity contribution is 5.37. The second-order valence-electron chi connectivity index (χ2n) is 5.06. The number of pyridine rings is 1. The number of hydrogen-bond donors (Lipinski definition) is 1. The van der Waals surface area contributed by atoms with Crippen LogP contribution in [0.2, 0.25) is 0 Å². The van der Waals surface area contributed by atoms with Crippen LogP contribution in [0, 0.1) is 17.0 Å². The third-order valence-corrected chi connectivity index (χ3v) is 3.38. The molecule has 0 bridgehead atoms. The molecule has 1 saturated carbocycles. The van der Waals surface area contributed by atoms with Gasteiger partial charge in [-0.3, -0.25) is 0 Å². The lowest BCUT2D eigenvalue weighted by atomic mass is 9.87. The summed E-state index contributed by atoms with van der Waals surface area (Å²) in [6.07, 6.45) is 4.29. The molecule has 0 spiro atoms. The van der Waals surface area contributed by atoms with Gasteiger partial charge in [-0.1, -0.05) is 20.3 Å². The minimum Gasteiger partial charge on any atom is -0.364 e. The Balaban J connectivity index is 2.15. The maximum absolute atomic E-state index is 13.4. The maximum Gasteiger partial charge on any atom is 0.168 e. The van der Waals surface area contributed by atoms with Crippen LogP contribution in [0.4, 0.5) is 14.6 Å². The number of nitrogens with one attached hydrogen (secondary N) is 1. The summed E-state index contributed by atoms with van der Waals surface area (Å²) < 4.78 is 26.1.